The first-order valence-corrected chi connectivity index (χ1v) is 12.1. The van der Waals surface area contributed by atoms with E-state index in [4.69, 9.17) is 45.3 Å². The second-order valence-corrected chi connectivity index (χ2v) is 7.77. The molecule has 0 radical (unpaired) electrons. The number of hydrogen-bond donors (Lipinski definition) is 9. The van der Waals surface area contributed by atoms with E-state index in [1.54, 1.807) is 0 Å². The predicted octanol–water partition coefficient (Wildman–Crippen LogP) is -8.60. The lowest BCUT2D eigenvalue weighted by molar-refractivity contribution is -0.880. The van der Waals surface area contributed by atoms with Crippen LogP contribution in [0.5, 0.6) is 0 Å². The fourth-order valence-corrected chi connectivity index (χ4v) is 2.04. The molecule has 0 aromatic carbocycles. The van der Waals surface area contributed by atoms with Crippen LogP contribution in [0.2, 0.25) is 0 Å². The third kappa shape index (κ3) is 70.9. The van der Waals surface area contributed by atoms with Crippen molar-refractivity contribution in [2.75, 3.05) is 133 Å². The number of aliphatic hydroxyl groups is 7. The van der Waals surface area contributed by atoms with Crippen LogP contribution >= 0.6 is 13.5 Å². The van der Waals surface area contributed by atoms with Gasteiger partial charge in [0.2, 0.25) is 0 Å². The van der Waals surface area contributed by atoms with Gasteiger partial charge in [0.15, 0.2) is 0 Å². The van der Waals surface area contributed by atoms with Crippen LogP contribution in [0.1, 0.15) is 0 Å². The minimum absolute atomic E-state index is 0. The number of nitrogens with zero attached hydrogens (tertiary/aromatic N) is 2. The zero-order chi connectivity index (χ0) is 30.6. The highest BCUT2D eigenvalue weighted by Crippen LogP contribution is 1.77. The van der Waals surface area contributed by atoms with Crippen molar-refractivity contribution in [3.05, 3.63) is 0 Å². The number of nitrogens with one attached hydrogen (secondary N) is 2. The predicted molar refractivity (Wildman–Crippen MR) is 153 cm³/mol. The van der Waals surface area contributed by atoms with Crippen molar-refractivity contribution in [2.24, 2.45) is 0 Å². The van der Waals surface area contributed by atoms with Gasteiger partial charge in [-0.25, -0.2) is 0 Å². The maximum Gasteiger partial charge on any atom is 0.373 e. The van der Waals surface area contributed by atoms with Gasteiger partial charge < -0.3 is 83.5 Å². The number of quaternary nitrogens is 2. The summed E-state index contributed by atoms with van der Waals surface area (Å²) in [7, 11) is 7.49. The molecule has 1 unspecified atom stereocenters. The third-order valence-corrected chi connectivity index (χ3v) is 4.29. The quantitative estimate of drug-likeness (QED) is 0.0411. The van der Waals surface area contributed by atoms with Crippen LogP contribution < -0.4 is 14.9 Å². The molecule has 0 saturated heterocycles. The third-order valence-electron chi connectivity index (χ3n) is 4.29. The summed E-state index contributed by atoms with van der Waals surface area (Å²) in [5.41, 5.74) is 0. The van der Waals surface area contributed by atoms with Crippen molar-refractivity contribution >= 4 is 39.3 Å². The number of thiol groups is 1. The molecule has 0 rings (SSSR count). The molecule has 0 bridgehead atoms. The van der Waals surface area contributed by atoms with E-state index in [0.717, 1.165) is 22.9 Å². The molecule has 18 heteroatoms. The van der Waals surface area contributed by atoms with Crippen LogP contribution in [-0.2, 0) is 27.8 Å². The van der Waals surface area contributed by atoms with Crippen molar-refractivity contribution in [1.29, 1.82) is 0 Å². The normalized spacial score (nSPS) is 9.95. The highest BCUT2D eigenvalue weighted by atomic mass is 32.1. The Morgan fingerprint density at radius 3 is 1.12 bits per heavy atom. The Kier molecular flexibility index (Phi) is 69.6. The molecule has 248 valence electrons. The number of hydrogen-bond acceptors (Lipinski definition) is 15. The molecule has 0 amide bonds. The average Bonchev–Trinajstić information content (AvgIpc) is 2.82. The van der Waals surface area contributed by atoms with Gasteiger partial charge >= 0.3 is 6.15 Å². The first kappa shape index (κ1) is 54.9. The zero-order valence-electron chi connectivity index (χ0n) is 24.3. The van der Waals surface area contributed by atoms with E-state index in [9.17, 15) is 9.90 Å². The molecule has 0 saturated carbocycles. The fraction of sp³-hybridized carbons (Fsp3) is 0.909. The van der Waals surface area contributed by atoms with Crippen molar-refractivity contribution < 1.29 is 69.8 Å². The van der Waals surface area contributed by atoms with Crippen molar-refractivity contribution in [1.82, 2.24) is 9.80 Å². The van der Waals surface area contributed by atoms with E-state index in [2.05, 4.69) is 4.74 Å². The Hall–Kier alpha value is -1.09. The number of carboxylic acid groups (broad SMARTS) is 1. The minimum atomic E-state index is -1.50. The topological polar surface area (TPSA) is 240 Å². The molecule has 9 N–H and O–H groups in total. The summed E-state index contributed by atoms with van der Waals surface area (Å²) in [6.07, 6.45) is -1.25. The molecular formula is C22H56N4O12S2. The molecule has 0 aliphatic carbocycles. The Bertz CT molecular complexity index is 436. The molecule has 0 heterocycles. The van der Waals surface area contributed by atoms with Crippen molar-refractivity contribution in [3.8, 4) is 0 Å². The van der Waals surface area contributed by atoms with Crippen LogP contribution in [0.15, 0.2) is 0 Å². The summed E-state index contributed by atoms with van der Waals surface area (Å²) in [4.78, 5) is 31.9. The second kappa shape index (κ2) is 50.7. The van der Waals surface area contributed by atoms with Crippen molar-refractivity contribution in [2.45, 2.75) is 0 Å². The van der Waals surface area contributed by atoms with Gasteiger partial charge in [0, 0.05) is 26.2 Å². The summed E-state index contributed by atoms with van der Waals surface area (Å²) >= 11 is 0. The standard InChI is InChI=1S/C6H13NO4.3C5H13NO2.CO2.2H2S/c1-7(2-4-8)3-5-11-6(9)10;3*1-6(2-4-7)3-5-8;2-1-3;;/h8H,2-5H2,1H3,(H,9,10);3*7-8H,2-5H2,1H3;;2*1H2. The van der Waals surface area contributed by atoms with Gasteiger partial charge in [0.1, 0.15) is 19.6 Å². The number of aliphatic hydroxyl groups excluding tert-OH is 7. The molecule has 0 aromatic rings. The van der Waals surface area contributed by atoms with Gasteiger partial charge in [0.25, 0.3) is 6.16 Å². The molecule has 1 atom stereocenters. The average molecular weight is 633 g/mol. The molecule has 0 spiro atoms. The highest BCUT2D eigenvalue weighted by Gasteiger charge is 1.98. The Morgan fingerprint density at radius 1 is 0.675 bits per heavy atom. The number of carbonyl (C=O) groups is 1. The minimum Gasteiger partial charge on any atom is -0.813 e. The molecule has 0 aliphatic heterocycles. The van der Waals surface area contributed by atoms with E-state index < -0.39 is 6.16 Å². The summed E-state index contributed by atoms with van der Waals surface area (Å²) in [5, 5.41) is 68.3. The van der Waals surface area contributed by atoms with E-state index in [1.165, 1.54) is 0 Å². The van der Waals surface area contributed by atoms with Gasteiger partial charge in [-0.3, -0.25) is 0 Å². The zero-order valence-corrected chi connectivity index (χ0v) is 26.2. The summed E-state index contributed by atoms with van der Waals surface area (Å²) in [5.74, 6) is 0. The van der Waals surface area contributed by atoms with Crippen LogP contribution in [0.3, 0.4) is 0 Å². The number of carbonyl (C=O) groups excluding carboxylic acids is 3. The first-order valence-electron chi connectivity index (χ1n) is 12.1. The number of rotatable bonds is 17. The van der Waals surface area contributed by atoms with Crippen LogP contribution in [0, 0.1) is 0 Å². The monoisotopic (exact) mass is 632 g/mol. The van der Waals surface area contributed by atoms with Gasteiger partial charge in [-0.2, -0.15) is 23.1 Å². The lowest BCUT2D eigenvalue weighted by Gasteiger charge is -2.14. The van der Waals surface area contributed by atoms with Crippen LogP contribution in [-0.4, -0.2) is 191 Å². The van der Waals surface area contributed by atoms with Crippen molar-refractivity contribution in [3.63, 3.8) is 0 Å². The van der Waals surface area contributed by atoms with Gasteiger partial charge in [-0.1, -0.05) is 0 Å². The summed E-state index contributed by atoms with van der Waals surface area (Å²) in [6, 6.07) is 0. The molecule has 0 aliphatic rings. The summed E-state index contributed by atoms with van der Waals surface area (Å²) in [6.45, 7) is 6.41. The molecule has 40 heavy (non-hydrogen) atoms. The lowest BCUT2D eigenvalue weighted by Crippen LogP contribution is -3.10. The van der Waals surface area contributed by atoms with E-state index in [0.29, 0.717) is 39.3 Å². The Morgan fingerprint density at radius 2 is 0.925 bits per heavy atom. The van der Waals surface area contributed by atoms with E-state index >= 15 is 0 Å². The largest absolute Gasteiger partial charge is 0.813 e. The second-order valence-electron chi connectivity index (χ2n) is 7.77. The maximum absolute atomic E-state index is 9.75. The fourth-order valence-electron chi connectivity index (χ4n) is 2.04. The molecular weight excluding hydrogens is 576 g/mol. The van der Waals surface area contributed by atoms with Gasteiger partial charge in [-0.15, -0.1) is 0 Å². The number of ether oxygens (including phenoxy) is 1. The molecule has 0 fully saturated rings. The van der Waals surface area contributed by atoms with Gasteiger partial charge in [-0.05, 0) is 14.1 Å². The van der Waals surface area contributed by atoms with Gasteiger partial charge in [0.05, 0.1) is 73.5 Å². The highest BCUT2D eigenvalue weighted by molar-refractivity contribution is 7.59. The lowest BCUT2D eigenvalue weighted by atomic mass is 10.5. The maximum atomic E-state index is 9.75. The number of likely N-dealkylation sites (N-methyl/N-ethyl adjacent to an activating group) is 4. The van der Waals surface area contributed by atoms with E-state index in [1.807, 2.05) is 38.0 Å². The Labute approximate surface area is 252 Å². The van der Waals surface area contributed by atoms with Crippen LogP contribution in [0.4, 0.5) is 4.79 Å². The summed E-state index contributed by atoms with van der Waals surface area (Å²) < 4.78 is 4.16. The first-order chi connectivity index (χ1) is 18.0. The van der Waals surface area contributed by atoms with E-state index in [-0.39, 0.29) is 86.0 Å². The molecule has 0 aromatic heterocycles. The van der Waals surface area contributed by atoms with Crippen LogP contribution in [0.25, 0.3) is 0 Å². The molecule has 16 nitrogen and oxygen atoms in total. The smallest absolute Gasteiger partial charge is 0.373 e. The SMILES string of the molecule is CN(CCO)CCO.CN(CCO)CCO.C[NH+](CCO)CCO.C[NH+](CCO)CCOC(=O)[O-].O=C=O.S.[SH-]. The Balaban J connectivity index is -0.0000000696.